The summed E-state index contributed by atoms with van der Waals surface area (Å²) < 4.78 is 5.56. The Morgan fingerprint density at radius 3 is 2.23 bits per heavy atom. The van der Waals surface area contributed by atoms with E-state index < -0.39 is 24.5 Å². The molecule has 1 atom stereocenters. The molecule has 2 amide bonds. The van der Waals surface area contributed by atoms with Gasteiger partial charge >= 0.3 is 12.1 Å². The number of carboxylic acid groups (broad SMARTS) is 1. The molecule has 0 bridgehead atoms. The number of carbonyl (C=O) groups is 3. The minimum Gasteiger partial charge on any atom is -0.481 e. The minimum absolute atomic E-state index is 0.0471. The number of amides is 2. The number of benzene rings is 2. The van der Waals surface area contributed by atoms with Crippen LogP contribution in [-0.4, -0.2) is 53.7 Å². The molecule has 1 fully saturated rings. The van der Waals surface area contributed by atoms with E-state index in [0.717, 1.165) is 47.9 Å². The van der Waals surface area contributed by atoms with Crippen molar-refractivity contribution in [3.05, 3.63) is 59.7 Å². The number of carbonyl (C=O) groups excluding carboxylic acids is 2. The van der Waals surface area contributed by atoms with Crippen molar-refractivity contribution in [2.24, 2.45) is 5.41 Å². The number of likely N-dealkylation sites (tertiary alicyclic amines) is 1. The van der Waals surface area contributed by atoms with Gasteiger partial charge in [0.2, 0.25) is 5.91 Å². The molecular weight excluding hydrogens is 444 g/mol. The first kappa shape index (κ1) is 24.8. The summed E-state index contributed by atoms with van der Waals surface area (Å²) in [5.41, 5.74) is 4.46. The first-order valence-corrected chi connectivity index (χ1v) is 12.5. The highest BCUT2D eigenvalue weighted by atomic mass is 16.5. The molecule has 1 aliphatic carbocycles. The summed E-state index contributed by atoms with van der Waals surface area (Å²) in [5, 5.41) is 11.9. The van der Waals surface area contributed by atoms with Crippen LogP contribution in [0.2, 0.25) is 0 Å². The van der Waals surface area contributed by atoms with E-state index in [-0.39, 0.29) is 23.8 Å². The topological polar surface area (TPSA) is 95.9 Å². The fraction of sp³-hybridized carbons (Fsp3) is 0.464. The third-order valence-corrected chi connectivity index (χ3v) is 7.79. The van der Waals surface area contributed by atoms with Gasteiger partial charge in [-0.25, -0.2) is 4.79 Å². The van der Waals surface area contributed by atoms with Gasteiger partial charge in [-0.05, 0) is 53.4 Å². The molecule has 1 aliphatic heterocycles. The first-order valence-electron chi connectivity index (χ1n) is 12.5. The molecular formula is C28H34N2O5. The van der Waals surface area contributed by atoms with Crippen molar-refractivity contribution in [1.29, 1.82) is 0 Å². The predicted molar refractivity (Wildman–Crippen MR) is 133 cm³/mol. The van der Waals surface area contributed by atoms with E-state index in [9.17, 15) is 19.5 Å². The van der Waals surface area contributed by atoms with E-state index in [0.29, 0.717) is 13.1 Å². The van der Waals surface area contributed by atoms with Crippen LogP contribution in [0.15, 0.2) is 48.5 Å². The van der Waals surface area contributed by atoms with Gasteiger partial charge in [0, 0.05) is 19.0 Å². The van der Waals surface area contributed by atoms with Crippen molar-refractivity contribution < 1.29 is 24.2 Å². The van der Waals surface area contributed by atoms with Crippen LogP contribution in [0.5, 0.6) is 0 Å². The number of nitrogens with one attached hydrogen (secondary N) is 1. The number of fused-ring (bicyclic) bond motifs is 3. The highest BCUT2D eigenvalue weighted by Gasteiger charge is 2.37. The molecule has 7 heteroatoms. The maximum atomic E-state index is 13.3. The van der Waals surface area contributed by atoms with Crippen LogP contribution in [0.1, 0.15) is 63.0 Å². The highest BCUT2D eigenvalue weighted by Crippen LogP contribution is 2.44. The molecule has 0 saturated carbocycles. The average molecular weight is 479 g/mol. The molecule has 35 heavy (non-hydrogen) atoms. The molecule has 2 N–H and O–H groups in total. The monoisotopic (exact) mass is 478 g/mol. The van der Waals surface area contributed by atoms with Crippen LogP contribution in [0.25, 0.3) is 11.1 Å². The summed E-state index contributed by atoms with van der Waals surface area (Å²) in [7, 11) is 0. The second kappa shape index (κ2) is 10.5. The summed E-state index contributed by atoms with van der Waals surface area (Å²) in [6.07, 6.45) is 2.57. The molecule has 186 valence electrons. The minimum atomic E-state index is -1.16. The quantitative estimate of drug-likeness (QED) is 0.568. The van der Waals surface area contributed by atoms with E-state index in [2.05, 4.69) is 31.3 Å². The van der Waals surface area contributed by atoms with E-state index in [1.165, 1.54) is 0 Å². The molecule has 0 radical (unpaired) electrons. The summed E-state index contributed by atoms with van der Waals surface area (Å²) in [4.78, 5) is 39.2. The Balaban J connectivity index is 1.43. The number of nitrogens with zero attached hydrogens (tertiary/aromatic N) is 1. The molecule has 7 nitrogen and oxygen atoms in total. The van der Waals surface area contributed by atoms with Gasteiger partial charge in [-0.1, -0.05) is 62.4 Å². The molecule has 1 saturated heterocycles. The molecule has 2 aromatic carbocycles. The lowest BCUT2D eigenvalue weighted by atomic mass is 9.75. The summed E-state index contributed by atoms with van der Waals surface area (Å²) in [6, 6.07) is 14.9. The van der Waals surface area contributed by atoms with Gasteiger partial charge in [-0.3, -0.25) is 9.59 Å². The maximum Gasteiger partial charge on any atom is 0.407 e. The van der Waals surface area contributed by atoms with Crippen LogP contribution in [-0.2, 0) is 14.3 Å². The summed E-state index contributed by atoms with van der Waals surface area (Å²) in [6.45, 7) is 5.51. The van der Waals surface area contributed by atoms with Gasteiger partial charge in [0.05, 0.1) is 6.42 Å². The zero-order valence-electron chi connectivity index (χ0n) is 20.5. The molecule has 0 spiro atoms. The second-order valence-electron chi connectivity index (χ2n) is 9.69. The van der Waals surface area contributed by atoms with Gasteiger partial charge in [-0.2, -0.15) is 0 Å². The number of ether oxygens (including phenoxy) is 1. The number of aliphatic carboxylic acids is 1. The Bertz CT molecular complexity index is 1050. The summed E-state index contributed by atoms with van der Waals surface area (Å²) in [5.74, 6) is -1.61. The third kappa shape index (κ3) is 5.19. The average Bonchev–Trinajstić information content (AvgIpc) is 3.20. The maximum absolute atomic E-state index is 13.3. The molecule has 2 aliphatic rings. The zero-order valence-corrected chi connectivity index (χ0v) is 20.5. The van der Waals surface area contributed by atoms with Gasteiger partial charge in [0.1, 0.15) is 12.6 Å². The normalized spacial score (nSPS) is 17.3. The number of hydrogen-bond acceptors (Lipinski definition) is 4. The van der Waals surface area contributed by atoms with E-state index in [1.54, 1.807) is 4.90 Å². The molecule has 0 aromatic heterocycles. The number of rotatable bonds is 8. The molecule has 2 aromatic rings. The Hall–Kier alpha value is -3.35. The zero-order chi connectivity index (χ0) is 25.0. The van der Waals surface area contributed by atoms with Crippen molar-refractivity contribution >= 4 is 18.0 Å². The van der Waals surface area contributed by atoms with E-state index in [4.69, 9.17) is 4.74 Å². The van der Waals surface area contributed by atoms with Gasteiger partial charge < -0.3 is 20.1 Å². The van der Waals surface area contributed by atoms with Crippen LogP contribution in [0.3, 0.4) is 0 Å². The van der Waals surface area contributed by atoms with E-state index in [1.807, 2.05) is 36.4 Å². The van der Waals surface area contributed by atoms with E-state index >= 15 is 0 Å². The number of piperidine rings is 1. The second-order valence-corrected chi connectivity index (χ2v) is 9.69. The van der Waals surface area contributed by atoms with Crippen LogP contribution < -0.4 is 5.32 Å². The van der Waals surface area contributed by atoms with Crippen LogP contribution in [0.4, 0.5) is 4.79 Å². The standard InChI is InChI=1S/C28H34N2O5/c1-3-28(4-2)14-9-15-30(18-28)26(33)24(16-25(31)32)29-27(34)35-17-23-21-12-7-5-10-19(21)20-11-6-8-13-22(20)23/h5-8,10-13,23-24H,3-4,9,14-18H2,1-2H3,(H,29,34)(H,31,32). The Labute approximate surface area is 206 Å². The first-order chi connectivity index (χ1) is 16.9. The SMILES string of the molecule is CCC1(CC)CCCN(C(=O)C(CC(=O)O)NC(=O)OCC2c3ccccc3-c3ccccc32)C1. The highest BCUT2D eigenvalue weighted by molar-refractivity contribution is 5.89. The lowest BCUT2D eigenvalue weighted by Crippen LogP contribution is -2.54. The van der Waals surface area contributed by atoms with Gasteiger partial charge in [0.25, 0.3) is 0 Å². The Morgan fingerprint density at radius 1 is 1.06 bits per heavy atom. The lowest BCUT2D eigenvalue weighted by molar-refractivity contribution is -0.144. The van der Waals surface area contributed by atoms with Crippen molar-refractivity contribution in [3.63, 3.8) is 0 Å². The lowest BCUT2D eigenvalue weighted by Gasteiger charge is -2.43. The fourth-order valence-corrected chi connectivity index (χ4v) is 5.60. The van der Waals surface area contributed by atoms with Crippen LogP contribution >= 0.6 is 0 Å². The summed E-state index contributed by atoms with van der Waals surface area (Å²) >= 11 is 0. The molecule has 1 unspecified atom stereocenters. The predicted octanol–water partition coefficient (Wildman–Crippen LogP) is 4.80. The van der Waals surface area contributed by atoms with Gasteiger partial charge in [0.15, 0.2) is 0 Å². The third-order valence-electron chi connectivity index (χ3n) is 7.79. The smallest absolute Gasteiger partial charge is 0.407 e. The van der Waals surface area contributed by atoms with Crippen molar-refractivity contribution in [3.8, 4) is 11.1 Å². The Kier molecular flexibility index (Phi) is 7.43. The number of hydrogen-bond donors (Lipinski definition) is 2. The molecule has 1 heterocycles. The molecule has 4 rings (SSSR count). The fourth-order valence-electron chi connectivity index (χ4n) is 5.60. The number of carboxylic acids is 1. The number of alkyl carbamates (subject to hydrolysis) is 1. The van der Waals surface area contributed by atoms with Gasteiger partial charge in [-0.15, -0.1) is 0 Å². The largest absolute Gasteiger partial charge is 0.481 e. The van der Waals surface area contributed by atoms with Crippen molar-refractivity contribution in [1.82, 2.24) is 10.2 Å². The van der Waals surface area contributed by atoms with Crippen LogP contribution in [0, 0.1) is 5.41 Å². The van der Waals surface area contributed by atoms with Crippen molar-refractivity contribution in [2.45, 2.75) is 57.9 Å². The van der Waals surface area contributed by atoms with Crippen molar-refractivity contribution in [2.75, 3.05) is 19.7 Å². The Morgan fingerprint density at radius 2 is 1.66 bits per heavy atom.